The normalized spacial score (nSPS) is 14.1. The molecule has 12 heteroatoms. The third-order valence-electron chi connectivity index (χ3n) is 4.70. The van der Waals surface area contributed by atoms with Gasteiger partial charge in [0.25, 0.3) is 0 Å². The Morgan fingerprint density at radius 2 is 2.07 bits per heavy atom. The molecule has 3 aromatic rings. The van der Waals surface area contributed by atoms with E-state index >= 15 is 0 Å². The molecular formula is C18H18ClN7O2S2. The van der Waals surface area contributed by atoms with Crippen molar-refractivity contribution < 1.29 is 9.59 Å². The number of Topliss-reactive ketones (excluding diaryl/α,β-unsaturated/α-hetero) is 1. The standard InChI is InChI=1S/C18H18ClN7O2S2/c1-26-18(23-24-25-26)30-14-9-20-17(29-14)22-16(28)21-13-7-6-11(19)8-12(13)15(27)10-4-2-3-5-10/h6-10H,2-5H2,1H3,(H2,20,21,22,28). The lowest BCUT2D eigenvalue weighted by atomic mass is 9.95. The Bertz CT molecular complexity index is 1080. The number of aromatic nitrogens is 5. The molecule has 1 saturated carbocycles. The van der Waals surface area contributed by atoms with Crippen molar-refractivity contribution in [3.8, 4) is 0 Å². The number of nitrogens with zero attached hydrogens (tertiary/aromatic N) is 5. The van der Waals surface area contributed by atoms with E-state index in [1.165, 1.54) is 23.1 Å². The molecule has 0 radical (unpaired) electrons. The van der Waals surface area contributed by atoms with Crippen LogP contribution in [0.1, 0.15) is 36.0 Å². The predicted octanol–water partition coefficient (Wildman–Crippen LogP) is 4.49. The first-order chi connectivity index (χ1) is 14.5. The summed E-state index contributed by atoms with van der Waals surface area (Å²) in [5.41, 5.74) is 0.875. The minimum Gasteiger partial charge on any atom is -0.307 e. The average Bonchev–Trinajstić information content (AvgIpc) is 3.47. The monoisotopic (exact) mass is 463 g/mol. The van der Waals surface area contributed by atoms with Gasteiger partial charge in [0.05, 0.1) is 16.1 Å². The zero-order chi connectivity index (χ0) is 21.1. The lowest BCUT2D eigenvalue weighted by molar-refractivity contribution is 0.0924. The third-order valence-corrected chi connectivity index (χ3v) is 6.98. The lowest BCUT2D eigenvalue weighted by Gasteiger charge is -2.14. The highest BCUT2D eigenvalue weighted by atomic mass is 35.5. The number of ketones is 1. The number of tetrazole rings is 1. The second kappa shape index (κ2) is 9.11. The van der Waals surface area contributed by atoms with Crippen LogP contribution >= 0.6 is 34.7 Å². The van der Waals surface area contributed by atoms with Crippen molar-refractivity contribution in [2.75, 3.05) is 10.6 Å². The molecule has 0 atom stereocenters. The molecule has 2 aromatic heterocycles. The zero-order valence-electron chi connectivity index (χ0n) is 16.0. The summed E-state index contributed by atoms with van der Waals surface area (Å²) in [4.78, 5) is 29.6. The first kappa shape index (κ1) is 20.8. The number of hydrogen-bond acceptors (Lipinski definition) is 8. The summed E-state index contributed by atoms with van der Waals surface area (Å²) in [6.45, 7) is 0. The van der Waals surface area contributed by atoms with Gasteiger partial charge in [-0.3, -0.25) is 10.1 Å². The van der Waals surface area contributed by atoms with Gasteiger partial charge >= 0.3 is 6.03 Å². The first-order valence-corrected chi connectivity index (χ1v) is 11.3. The Hall–Kier alpha value is -2.50. The number of hydrogen-bond donors (Lipinski definition) is 2. The van der Waals surface area contributed by atoms with Crippen molar-refractivity contribution in [1.29, 1.82) is 0 Å². The molecule has 1 aliphatic rings. The van der Waals surface area contributed by atoms with Gasteiger partial charge in [-0.05, 0) is 53.2 Å². The summed E-state index contributed by atoms with van der Waals surface area (Å²) in [6.07, 6.45) is 5.48. The molecule has 1 aliphatic carbocycles. The van der Waals surface area contributed by atoms with E-state index < -0.39 is 6.03 Å². The van der Waals surface area contributed by atoms with Crippen molar-refractivity contribution in [2.24, 2.45) is 13.0 Å². The van der Waals surface area contributed by atoms with Gasteiger partial charge in [0.1, 0.15) is 0 Å². The van der Waals surface area contributed by atoms with Crippen LogP contribution in [0.3, 0.4) is 0 Å². The number of anilines is 2. The van der Waals surface area contributed by atoms with Crippen molar-refractivity contribution in [3.05, 3.63) is 35.0 Å². The van der Waals surface area contributed by atoms with Crippen LogP contribution in [0.25, 0.3) is 0 Å². The number of nitrogens with one attached hydrogen (secondary N) is 2. The minimum absolute atomic E-state index is 0.0132. The van der Waals surface area contributed by atoms with Crippen LogP contribution in [0.5, 0.6) is 0 Å². The number of urea groups is 1. The number of benzene rings is 1. The highest BCUT2D eigenvalue weighted by molar-refractivity contribution is 8.01. The topological polar surface area (TPSA) is 115 Å². The molecule has 0 bridgehead atoms. The summed E-state index contributed by atoms with van der Waals surface area (Å²) < 4.78 is 2.37. The average molecular weight is 464 g/mol. The van der Waals surface area contributed by atoms with Crippen molar-refractivity contribution in [1.82, 2.24) is 25.2 Å². The number of carbonyl (C=O) groups is 2. The van der Waals surface area contributed by atoms with Gasteiger partial charge in [-0.1, -0.05) is 35.8 Å². The Balaban J connectivity index is 1.43. The van der Waals surface area contributed by atoms with E-state index in [1.54, 1.807) is 36.1 Å². The molecule has 1 aromatic carbocycles. The Morgan fingerprint density at radius 3 is 2.80 bits per heavy atom. The highest BCUT2D eigenvalue weighted by Crippen LogP contribution is 2.33. The maximum Gasteiger partial charge on any atom is 0.325 e. The smallest absolute Gasteiger partial charge is 0.307 e. The van der Waals surface area contributed by atoms with Crippen LogP contribution in [-0.4, -0.2) is 37.0 Å². The van der Waals surface area contributed by atoms with E-state index in [1.807, 2.05) is 0 Å². The van der Waals surface area contributed by atoms with Crippen LogP contribution in [0.4, 0.5) is 15.6 Å². The number of carbonyl (C=O) groups excluding carboxylic acids is 2. The number of aryl methyl sites for hydroxylation is 1. The molecule has 156 valence electrons. The molecule has 2 heterocycles. The van der Waals surface area contributed by atoms with Gasteiger partial charge in [-0.2, -0.15) is 0 Å². The molecule has 0 spiro atoms. The van der Waals surface area contributed by atoms with E-state index in [2.05, 4.69) is 31.1 Å². The molecule has 9 nitrogen and oxygen atoms in total. The fourth-order valence-corrected chi connectivity index (χ4v) is 5.13. The number of thiazole rings is 1. The molecule has 0 saturated heterocycles. The Labute approximate surface area is 185 Å². The summed E-state index contributed by atoms with van der Waals surface area (Å²) >= 11 is 8.74. The van der Waals surface area contributed by atoms with Crippen LogP contribution < -0.4 is 10.6 Å². The fraction of sp³-hybridized carbons (Fsp3) is 0.333. The summed E-state index contributed by atoms with van der Waals surface area (Å²) in [5, 5.41) is 18.2. The zero-order valence-corrected chi connectivity index (χ0v) is 18.4. The predicted molar refractivity (Wildman–Crippen MR) is 115 cm³/mol. The fourth-order valence-electron chi connectivity index (χ4n) is 3.25. The van der Waals surface area contributed by atoms with Gasteiger partial charge < -0.3 is 5.32 Å². The number of halogens is 1. The van der Waals surface area contributed by atoms with Crippen LogP contribution in [0.15, 0.2) is 33.8 Å². The Morgan fingerprint density at radius 1 is 1.27 bits per heavy atom. The molecule has 0 unspecified atom stereocenters. The molecule has 2 amide bonds. The van der Waals surface area contributed by atoms with Gasteiger partial charge in [0.2, 0.25) is 5.16 Å². The maximum atomic E-state index is 12.9. The van der Waals surface area contributed by atoms with Crippen molar-refractivity contribution in [3.63, 3.8) is 0 Å². The third kappa shape index (κ3) is 4.79. The highest BCUT2D eigenvalue weighted by Gasteiger charge is 2.26. The molecule has 2 N–H and O–H groups in total. The molecule has 4 rings (SSSR count). The maximum absolute atomic E-state index is 12.9. The summed E-state index contributed by atoms with van der Waals surface area (Å²) in [7, 11) is 1.74. The second-order valence-corrected chi connectivity index (χ2v) is 9.52. The molecule has 0 aliphatic heterocycles. The SMILES string of the molecule is Cn1nnnc1Sc1cnc(NC(=O)Nc2ccc(Cl)cc2C(=O)C2CCCC2)s1. The Kier molecular flexibility index (Phi) is 6.30. The summed E-state index contributed by atoms with van der Waals surface area (Å²) in [6, 6.07) is 4.43. The van der Waals surface area contributed by atoms with E-state index in [9.17, 15) is 9.59 Å². The van der Waals surface area contributed by atoms with Crippen LogP contribution in [-0.2, 0) is 7.05 Å². The molecular weight excluding hydrogens is 446 g/mol. The molecule has 30 heavy (non-hydrogen) atoms. The number of amides is 2. The number of rotatable bonds is 6. The van der Waals surface area contributed by atoms with Crippen molar-refractivity contribution >= 4 is 57.3 Å². The quantitative estimate of drug-likeness (QED) is 0.517. The minimum atomic E-state index is -0.482. The molecule has 1 fully saturated rings. The first-order valence-electron chi connectivity index (χ1n) is 9.27. The van der Waals surface area contributed by atoms with Crippen LogP contribution in [0.2, 0.25) is 5.02 Å². The lowest BCUT2D eigenvalue weighted by Crippen LogP contribution is -2.22. The largest absolute Gasteiger partial charge is 0.325 e. The summed E-state index contributed by atoms with van der Waals surface area (Å²) in [5.74, 6) is 0.0104. The van der Waals surface area contributed by atoms with Crippen LogP contribution in [0, 0.1) is 5.92 Å². The van der Waals surface area contributed by atoms with Gasteiger partial charge in [0.15, 0.2) is 10.9 Å². The second-order valence-electron chi connectivity index (χ2n) is 6.79. The van der Waals surface area contributed by atoms with E-state index in [0.29, 0.717) is 26.6 Å². The van der Waals surface area contributed by atoms with Crippen molar-refractivity contribution in [2.45, 2.75) is 35.0 Å². The van der Waals surface area contributed by atoms with E-state index in [4.69, 9.17) is 11.6 Å². The van der Waals surface area contributed by atoms with Gasteiger partial charge in [0, 0.05) is 23.6 Å². The van der Waals surface area contributed by atoms with E-state index in [0.717, 1.165) is 29.9 Å². The van der Waals surface area contributed by atoms with Gasteiger partial charge in [-0.25, -0.2) is 14.5 Å². The van der Waals surface area contributed by atoms with Gasteiger partial charge in [-0.15, -0.1) is 5.10 Å². The van der Waals surface area contributed by atoms with E-state index in [-0.39, 0.29) is 11.7 Å².